The van der Waals surface area contributed by atoms with Crippen molar-refractivity contribution in [3.8, 4) is 11.5 Å². The zero-order chi connectivity index (χ0) is 33.4. The molecule has 1 atom stereocenters. The molecule has 0 heterocycles. The van der Waals surface area contributed by atoms with Gasteiger partial charge in [0.15, 0.2) is 11.5 Å². The summed E-state index contributed by atoms with van der Waals surface area (Å²) < 4.78 is 40.3. The molecule has 242 valence electrons. The molecule has 0 aromatic heterocycles. The summed E-state index contributed by atoms with van der Waals surface area (Å²) >= 11 is 13.1. The fourth-order valence-corrected chi connectivity index (χ4v) is 6.87. The molecule has 0 fully saturated rings. The molecule has 0 saturated heterocycles. The normalized spacial score (nSPS) is 11.8. The van der Waals surface area contributed by atoms with Gasteiger partial charge in [-0.15, -0.1) is 0 Å². The van der Waals surface area contributed by atoms with Crippen molar-refractivity contribution in [2.24, 2.45) is 0 Å². The van der Waals surface area contributed by atoms with Crippen LogP contribution in [0.4, 0.5) is 5.69 Å². The molecular weight excluding hydrogens is 649 g/mol. The number of aryl methyl sites for hydroxylation is 1. The highest BCUT2D eigenvalue weighted by Crippen LogP contribution is 2.33. The van der Waals surface area contributed by atoms with E-state index in [1.807, 2.05) is 37.3 Å². The van der Waals surface area contributed by atoms with Gasteiger partial charge in [-0.3, -0.25) is 13.9 Å². The Bertz CT molecular complexity index is 1770. The summed E-state index contributed by atoms with van der Waals surface area (Å²) in [5.74, 6) is -0.539. The minimum atomic E-state index is -4.36. The third kappa shape index (κ3) is 7.93. The molecule has 0 aliphatic heterocycles. The average molecular weight is 685 g/mol. The molecule has 46 heavy (non-hydrogen) atoms. The number of halogens is 2. The van der Waals surface area contributed by atoms with E-state index in [-0.39, 0.29) is 29.3 Å². The Balaban J connectivity index is 1.84. The van der Waals surface area contributed by atoms with Gasteiger partial charge in [-0.1, -0.05) is 77.3 Å². The molecule has 12 heteroatoms. The first kappa shape index (κ1) is 34.6. The average Bonchev–Trinajstić information content (AvgIpc) is 3.06. The smallest absolute Gasteiger partial charge is 0.264 e. The van der Waals surface area contributed by atoms with Crippen molar-refractivity contribution in [1.29, 1.82) is 0 Å². The van der Waals surface area contributed by atoms with Gasteiger partial charge in [0.05, 0.1) is 24.8 Å². The maximum absolute atomic E-state index is 14.5. The van der Waals surface area contributed by atoms with Gasteiger partial charge < -0.3 is 19.7 Å². The second kappa shape index (κ2) is 15.4. The number of methoxy groups -OCH3 is 2. The molecule has 0 saturated carbocycles. The minimum absolute atomic E-state index is 0.119. The van der Waals surface area contributed by atoms with E-state index in [1.54, 1.807) is 42.5 Å². The van der Waals surface area contributed by atoms with Crippen LogP contribution in [-0.4, -0.2) is 59.0 Å². The summed E-state index contributed by atoms with van der Waals surface area (Å²) in [5.41, 5.74) is 2.37. The number of sulfonamides is 1. The molecule has 9 nitrogen and oxygen atoms in total. The van der Waals surface area contributed by atoms with Gasteiger partial charge in [0.1, 0.15) is 12.6 Å². The Morgan fingerprint density at radius 3 is 2.07 bits per heavy atom. The van der Waals surface area contributed by atoms with E-state index >= 15 is 0 Å². The van der Waals surface area contributed by atoms with Gasteiger partial charge in [-0.05, 0) is 48.9 Å². The number of nitrogens with zero attached hydrogens (tertiary/aromatic N) is 2. The second-order valence-corrected chi connectivity index (χ2v) is 13.1. The Labute approximate surface area is 279 Å². The van der Waals surface area contributed by atoms with E-state index in [2.05, 4.69) is 5.32 Å². The Kier molecular flexibility index (Phi) is 11.6. The molecular formula is C34H35Cl2N3O6S. The highest BCUT2D eigenvalue weighted by Gasteiger charge is 2.35. The van der Waals surface area contributed by atoms with Crippen molar-refractivity contribution in [2.75, 3.05) is 32.1 Å². The first-order valence-electron chi connectivity index (χ1n) is 14.3. The number of anilines is 1. The number of rotatable bonds is 13. The van der Waals surface area contributed by atoms with Crippen LogP contribution in [-0.2, 0) is 32.6 Å². The van der Waals surface area contributed by atoms with Crippen LogP contribution in [0.25, 0.3) is 0 Å². The highest BCUT2D eigenvalue weighted by molar-refractivity contribution is 7.92. The lowest BCUT2D eigenvalue weighted by Crippen LogP contribution is -2.53. The van der Waals surface area contributed by atoms with E-state index in [9.17, 15) is 18.0 Å². The molecule has 1 unspecified atom stereocenters. The standard InChI is InChI=1S/C34H35Cl2N3O6S/c1-23-13-15-25(16-14-23)39(46(42,43)26-17-18-31(44-3)32(20-26)45-4)22-33(40)38(21-27-28(35)11-8-12-29(27)36)30(34(41)37-2)19-24-9-6-5-7-10-24/h5-18,20,30H,19,21-22H2,1-4H3,(H,37,41). The third-order valence-corrected chi connectivity index (χ3v) is 9.93. The fourth-order valence-electron chi connectivity index (χ4n) is 4.92. The molecule has 4 aromatic carbocycles. The molecule has 0 bridgehead atoms. The summed E-state index contributed by atoms with van der Waals surface area (Å²) in [5, 5.41) is 3.25. The van der Waals surface area contributed by atoms with Crippen molar-refractivity contribution in [2.45, 2.75) is 30.8 Å². The minimum Gasteiger partial charge on any atom is -0.493 e. The Hall–Kier alpha value is -4.25. The van der Waals surface area contributed by atoms with Crippen molar-refractivity contribution in [1.82, 2.24) is 10.2 Å². The van der Waals surface area contributed by atoms with Gasteiger partial charge in [-0.2, -0.15) is 0 Å². The predicted molar refractivity (Wildman–Crippen MR) is 180 cm³/mol. The molecule has 0 radical (unpaired) electrons. The van der Waals surface area contributed by atoms with Gasteiger partial charge in [0.25, 0.3) is 10.0 Å². The molecule has 2 amide bonds. The third-order valence-electron chi connectivity index (χ3n) is 7.45. The summed E-state index contributed by atoms with van der Waals surface area (Å²) in [4.78, 5) is 29.1. The van der Waals surface area contributed by atoms with E-state index in [0.717, 1.165) is 15.4 Å². The largest absolute Gasteiger partial charge is 0.493 e. The van der Waals surface area contributed by atoms with E-state index in [0.29, 0.717) is 21.4 Å². The lowest BCUT2D eigenvalue weighted by Gasteiger charge is -2.34. The maximum Gasteiger partial charge on any atom is 0.264 e. The summed E-state index contributed by atoms with van der Waals surface area (Å²) in [7, 11) is -0.0298. The number of amides is 2. The molecule has 4 aromatic rings. The molecule has 0 spiro atoms. The van der Waals surface area contributed by atoms with Gasteiger partial charge >= 0.3 is 0 Å². The molecule has 4 rings (SSSR count). The van der Waals surface area contributed by atoms with E-state index in [4.69, 9.17) is 32.7 Å². The number of hydrogen-bond donors (Lipinski definition) is 1. The zero-order valence-corrected chi connectivity index (χ0v) is 28.2. The number of nitrogens with one attached hydrogen (secondary N) is 1. The number of benzene rings is 4. The molecule has 0 aliphatic carbocycles. The molecule has 1 N–H and O–H groups in total. The Morgan fingerprint density at radius 1 is 0.848 bits per heavy atom. The number of hydrogen-bond acceptors (Lipinski definition) is 6. The topological polar surface area (TPSA) is 105 Å². The number of carbonyl (C=O) groups excluding carboxylic acids is 2. The van der Waals surface area contributed by atoms with Gasteiger partial charge in [0, 0.05) is 41.7 Å². The van der Waals surface area contributed by atoms with Crippen LogP contribution >= 0.6 is 23.2 Å². The number of likely N-dealkylation sites (N-methyl/N-ethyl adjacent to an activating group) is 1. The van der Waals surface area contributed by atoms with Crippen LogP contribution < -0.4 is 19.1 Å². The van der Waals surface area contributed by atoms with Crippen molar-refractivity contribution in [3.63, 3.8) is 0 Å². The van der Waals surface area contributed by atoms with Crippen LogP contribution in [0.1, 0.15) is 16.7 Å². The second-order valence-electron chi connectivity index (χ2n) is 10.4. The monoisotopic (exact) mass is 683 g/mol. The lowest BCUT2D eigenvalue weighted by molar-refractivity contribution is -0.139. The zero-order valence-electron chi connectivity index (χ0n) is 25.9. The van der Waals surface area contributed by atoms with Crippen molar-refractivity contribution < 1.29 is 27.5 Å². The van der Waals surface area contributed by atoms with Crippen LogP contribution in [0.3, 0.4) is 0 Å². The summed E-state index contributed by atoms with van der Waals surface area (Å²) in [6.45, 7) is 1.08. The highest BCUT2D eigenvalue weighted by atomic mass is 35.5. The Morgan fingerprint density at radius 2 is 1.48 bits per heavy atom. The van der Waals surface area contributed by atoms with Gasteiger partial charge in [-0.25, -0.2) is 8.42 Å². The maximum atomic E-state index is 14.5. The van der Waals surface area contributed by atoms with Crippen LogP contribution in [0.15, 0.2) is 95.9 Å². The van der Waals surface area contributed by atoms with E-state index < -0.39 is 34.4 Å². The van der Waals surface area contributed by atoms with Crippen molar-refractivity contribution >= 4 is 50.7 Å². The van der Waals surface area contributed by atoms with Crippen LogP contribution in [0, 0.1) is 6.92 Å². The SMILES string of the molecule is CNC(=O)C(Cc1ccccc1)N(Cc1c(Cl)cccc1Cl)C(=O)CN(c1ccc(C)cc1)S(=O)(=O)c1ccc(OC)c(OC)c1. The summed E-state index contributed by atoms with van der Waals surface area (Å²) in [6.07, 6.45) is 0.154. The molecule has 0 aliphatic rings. The summed E-state index contributed by atoms with van der Waals surface area (Å²) in [6, 6.07) is 24.1. The van der Waals surface area contributed by atoms with E-state index in [1.165, 1.54) is 44.4 Å². The number of carbonyl (C=O) groups is 2. The van der Waals surface area contributed by atoms with Gasteiger partial charge in [0.2, 0.25) is 11.8 Å². The van der Waals surface area contributed by atoms with Crippen LogP contribution in [0.2, 0.25) is 10.0 Å². The fraction of sp³-hybridized carbons (Fsp3) is 0.235. The van der Waals surface area contributed by atoms with Crippen molar-refractivity contribution in [3.05, 3.63) is 118 Å². The quantitative estimate of drug-likeness (QED) is 0.188. The first-order valence-corrected chi connectivity index (χ1v) is 16.5. The van der Waals surface area contributed by atoms with Crippen LogP contribution in [0.5, 0.6) is 11.5 Å². The first-order chi connectivity index (χ1) is 22.0. The number of ether oxygens (including phenoxy) is 2. The lowest BCUT2D eigenvalue weighted by atomic mass is 10.0. The predicted octanol–water partition coefficient (Wildman–Crippen LogP) is 5.90.